The maximum Gasteiger partial charge on any atom is 0.305 e. The van der Waals surface area contributed by atoms with Crippen LogP contribution in [-0.2, 0) is 16.0 Å². The van der Waals surface area contributed by atoms with E-state index in [9.17, 15) is 4.79 Å². The van der Waals surface area contributed by atoms with Gasteiger partial charge in [0, 0.05) is 6.42 Å². The van der Waals surface area contributed by atoms with Crippen LogP contribution in [0.2, 0.25) is 0 Å². The Bertz CT molecular complexity index is 393. The molecule has 0 aliphatic carbocycles. The molecule has 3 nitrogen and oxygen atoms in total. The van der Waals surface area contributed by atoms with Crippen molar-refractivity contribution in [3.63, 3.8) is 0 Å². The van der Waals surface area contributed by atoms with Gasteiger partial charge < -0.3 is 4.74 Å². The zero-order valence-corrected chi connectivity index (χ0v) is 9.40. The SMILES string of the molecule is CCOC(=O)CCCc1cccc(C#N)c1. The first-order valence-electron chi connectivity index (χ1n) is 5.41. The van der Waals surface area contributed by atoms with Crippen molar-refractivity contribution < 1.29 is 9.53 Å². The molecule has 0 bridgehead atoms. The van der Waals surface area contributed by atoms with E-state index in [0.717, 1.165) is 18.4 Å². The summed E-state index contributed by atoms with van der Waals surface area (Å²) in [6.45, 7) is 2.23. The number of ether oxygens (including phenoxy) is 1. The maximum atomic E-state index is 11.1. The number of rotatable bonds is 5. The number of esters is 1. The van der Waals surface area contributed by atoms with E-state index in [4.69, 9.17) is 10.00 Å². The summed E-state index contributed by atoms with van der Waals surface area (Å²) in [6.07, 6.45) is 1.99. The highest BCUT2D eigenvalue weighted by Gasteiger charge is 2.02. The Kier molecular flexibility index (Phi) is 5.07. The monoisotopic (exact) mass is 217 g/mol. The Balaban J connectivity index is 2.37. The second-order valence-corrected chi connectivity index (χ2v) is 3.47. The van der Waals surface area contributed by atoms with Crippen molar-refractivity contribution in [2.45, 2.75) is 26.2 Å². The number of nitriles is 1. The molecule has 84 valence electrons. The van der Waals surface area contributed by atoms with Gasteiger partial charge in [-0.05, 0) is 37.5 Å². The molecule has 0 N–H and O–H groups in total. The third-order valence-corrected chi connectivity index (χ3v) is 2.21. The third-order valence-electron chi connectivity index (χ3n) is 2.21. The number of benzene rings is 1. The van der Waals surface area contributed by atoms with Crippen molar-refractivity contribution >= 4 is 5.97 Å². The molecule has 0 saturated heterocycles. The molecule has 0 saturated carbocycles. The Hall–Kier alpha value is -1.82. The van der Waals surface area contributed by atoms with E-state index in [2.05, 4.69) is 6.07 Å². The Morgan fingerprint density at radius 3 is 3.00 bits per heavy atom. The van der Waals surface area contributed by atoms with Crippen LogP contribution in [0, 0.1) is 11.3 Å². The highest BCUT2D eigenvalue weighted by molar-refractivity contribution is 5.69. The van der Waals surface area contributed by atoms with Gasteiger partial charge in [-0.3, -0.25) is 4.79 Å². The summed E-state index contributed by atoms with van der Waals surface area (Å²) in [5, 5.41) is 8.72. The molecule has 1 aromatic rings. The molecule has 0 aliphatic rings. The molecule has 0 heterocycles. The molecule has 0 radical (unpaired) electrons. The van der Waals surface area contributed by atoms with Gasteiger partial charge in [0.25, 0.3) is 0 Å². The minimum atomic E-state index is -0.154. The van der Waals surface area contributed by atoms with Crippen LogP contribution in [-0.4, -0.2) is 12.6 Å². The fraction of sp³-hybridized carbons (Fsp3) is 0.385. The second-order valence-electron chi connectivity index (χ2n) is 3.47. The molecule has 0 aliphatic heterocycles. The predicted molar refractivity (Wildman–Crippen MR) is 60.7 cm³/mol. The summed E-state index contributed by atoms with van der Waals surface area (Å²) in [7, 11) is 0. The van der Waals surface area contributed by atoms with Gasteiger partial charge in [-0.25, -0.2) is 0 Å². The molecular formula is C13H15NO2. The summed E-state index contributed by atoms with van der Waals surface area (Å²) in [6, 6.07) is 9.54. The second kappa shape index (κ2) is 6.62. The molecule has 0 amide bonds. The topological polar surface area (TPSA) is 50.1 Å². The van der Waals surface area contributed by atoms with Gasteiger partial charge in [-0.2, -0.15) is 5.26 Å². The van der Waals surface area contributed by atoms with Crippen LogP contribution in [0.15, 0.2) is 24.3 Å². The van der Waals surface area contributed by atoms with Gasteiger partial charge in [0.05, 0.1) is 18.2 Å². The van der Waals surface area contributed by atoms with Crippen molar-refractivity contribution in [2.24, 2.45) is 0 Å². The smallest absolute Gasteiger partial charge is 0.305 e. The Morgan fingerprint density at radius 1 is 1.50 bits per heavy atom. The standard InChI is InChI=1S/C13H15NO2/c1-2-16-13(15)8-4-6-11-5-3-7-12(9-11)10-14/h3,5,7,9H,2,4,6,8H2,1H3. The largest absolute Gasteiger partial charge is 0.466 e. The molecule has 1 aromatic carbocycles. The summed E-state index contributed by atoms with van der Waals surface area (Å²) >= 11 is 0. The van der Waals surface area contributed by atoms with Gasteiger partial charge in [0.1, 0.15) is 0 Å². The average Bonchev–Trinajstić information content (AvgIpc) is 2.30. The number of nitrogens with zero attached hydrogens (tertiary/aromatic N) is 1. The summed E-state index contributed by atoms with van der Waals surface area (Å²) < 4.78 is 4.83. The van der Waals surface area contributed by atoms with Crippen molar-refractivity contribution in [3.05, 3.63) is 35.4 Å². The average molecular weight is 217 g/mol. The number of hydrogen-bond acceptors (Lipinski definition) is 3. The quantitative estimate of drug-likeness (QED) is 0.712. The molecule has 0 unspecified atom stereocenters. The number of aryl methyl sites for hydroxylation is 1. The summed E-state index contributed by atoms with van der Waals surface area (Å²) in [4.78, 5) is 11.1. The number of carbonyl (C=O) groups excluding carboxylic acids is 1. The van der Waals surface area contributed by atoms with E-state index >= 15 is 0 Å². The van der Waals surface area contributed by atoms with Gasteiger partial charge in [-0.1, -0.05) is 12.1 Å². The molecule has 0 fully saturated rings. The van der Waals surface area contributed by atoms with E-state index in [-0.39, 0.29) is 5.97 Å². The van der Waals surface area contributed by atoms with Crippen molar-refractivity contribution in [3.8, 4) is 6.07 Å². The molecule has 3 heteroatoms. The minimum absolute atomic E-state index is 0.154. The highest BCUT2D eigenvalue weighted by atomic mass is 16.5. The van der Waals surface area contributed by atoms with E-state index < -0.39 is 0 Å². The summed E-state index contributed by atoms with van der Waals surface area (Å²) in [5.41, 5.74) is 1.75. The van der Waals surface area contributed by atoms with E-state index in [1.807, 2.05) is 18.2 Å². The number of carbonyl (C=O) groups is 1. The zero-order chi connectivity index (χ0) is 11.8. The fourth-order valence-electron chi connectivity index (χ4n) is 1.47. The zero-order valence-electron chi connectivity index (χ0n) is 9.40. The van der Waals surface area contributed by atoms with Gasteiger partial charge in [0.15, 0.2) is 0 Å². The van der Waals surface area contributed by atoms with E-state index in [1.54, 1.807) is 13.0 Å². The van der Waals surface area contributed by atoms with Crippen molar-refractivity contribution in [2.75, 3.05) is 6.61 Å². The fourth-order valence-corrected chi connectivity index (χ4v) is 1.47. The molecule has 1 rings (SSSR count). The van der Waals surface area contributed by atoms with Crippen LogP contribution >= 0.6 is 0 Å². The lowest BCUT2D eigenvalue weighted by molar-refractivity contribution is -0.143. The van der Waals surface area contributed by atoms with Gasteiger partial charge in [-0.15, -0.1) is 0 Å². The van der Waals surface area contributed by atoms with Crippen LogP contribution < -0.4 is 0 Å². The minimum Gasteiger partial charge on any atom is -0.466 e. The first-order chi connectivity index (χ1) is 7.76. The van der Waals surface area contributed by atoms with Crippen LogP contribution in [0.5, 0.6) is 0 Å². The van der Waals surface area contributed by atoms with Gasteiger partial charge >= 0.3 is 5.97 Å². The first-order valence-corrected chi connectivity index (χ1v) is 5.41. The molecule has 16 heavy (non-hydrogen) atoms. The highest BCUT2D eigenvalue weighted by Crippen LogP contribution is 2.08. The van der Waals surface area contributed by atoms with E-state index in [0.29, 0.717) is 18.6 Å². The van der Waals surface area contributed by atoms with Crippen LogP contribution in [0.4, 0.5) is 0 Å². The van der Waals surface area contributed by atoms with E-state index in [1.165, 1.54) is 0 Å². The lowest BCUT2D eigenvalue weighted by Gasteiger charge is -2.02. The third kappa shape index (κ3) is 4.14. The van der Waals surface area contributed by atoms with Gasteiger partial charge in [0.2, 0.25) is 0 Å². The number of hydrogen-bond donors (Lipinski definition) is 0. The maximum absolute atomic E-state index is 11.1. The first kappa shape index (κ1) is 12.3. The Morgan fingerprint density at radius 2 is 2.31 bits per heavy atom. The van der Waals surface area contributed by atoms with Crippen molar-refractivity contribution in [1.82, 2.24) is 0 Å². The van der Waals surface area contributed by atoms with Crippen molar-refractivity contribution in [1.29, 1.82) is 5.26 Å². The lowest BCUT2D eigenvalue weighted by Crippen LogP contribution is -2.04. The summed E-state index contributed by atoms with van der Waals surface area (Å²) in [5.74, 6) is -0.154. The molecule has 0 aromatic heterocycles. The Labute approximate surface area is 95.7 Å². The van der Waals surface area contributed by atoms with Crippen LogP contribution in [0.3, 0.4) is 0 Å². The normalized spacial score (nSPS) is 9.50. The molecule has 0 spiro atoms. The lowest BCUT2D eigenvalue weighted by atomic mass is 10.1. The van der Waals surface area contributed by atoms with Crippen LogP contribution in [0.1, 0.15) is 30.9 Å². The molecule has 0 atom stereocenters. The predicted octanol–water partition coefficient (Wildman–Crippen LogP) is 2.44. The molecular weight excluding hydrogens is 202 g/mol. The van der Waals surface area contributed by atoms with Crippen LogP contribution in [0.25, 0.3) is 0 Å².